The third kappa shape index (κ3) is 3.72. The summed E-state index contributed by atoms with van der Waals surface area (Å²) in [4.78, 5) is 16.4. The zero-order chi connectivity index (χ0) is 18.0. The maximum atomic E-state index is 12.5. The number of rotatable bonds is 4. The highest BCUT2D eigenvalue weighted by atomic mass is 35.5. The maximum absolute atomic E-state index is 12.5. The number of nitrogens with one attached hydrogen (secondary N) is 1. The Morgan fingerprint density at radius 1 is 1.08 bits per heavy atom. The van der Waals surface area contributed by atoms with Gasteiger partial charge >= 0.3 is 0 Å². The molecule has 0 aliphatic heterocycles. The van der Waals surface area contributed by atoms with Gasteiger partial charge in [-0.15, -0.1) is 0 Å². The van der Waals surface area contributed by atoms with Gasteiger partial charge in [-0.05, 0) is 55.5 Å². The predicted octanol–water partition coefficient (Wildman–Crippen LogP) is 3.72. The van der Waals surface area contributed by atoms with Crippen molar-refractivity contribution in [3.8, 4) is 0 Å². The lowest BCUT2D eigenvalue weighted by atomic mass is 10.3. The van der Waals surface area contributed by atoms with Gasteiger partial charge in [-0.25, -0.2) is 13.4 Å². The highest BCUT2D eigenvalue weighted by molar-refractivity contribution is 7.91. The van der Waals surface area contributed by atoms with Crippen LogP contribution in [0.25, 0.3) is 0 Å². The molecule has 0 saturated carbocycles. The van der Waals surface area contributed by atoms with E-state index in [0.29, 0.717) is 10.8 Å². The van der Waals surface area contributed by atoms with E-state index in [1.54, 1.807) is 25.1 Å². The molecule has 3 rings (SSSR count). The lowest BCUT2D eigenvalue weighted by Gasteiger charge is -2.03. The number of carbonyl (C=O) groups excluding carboxylic acids is 1. The molecule has 1 aromatic carbocycles. The minimum atomic E-state index is -3.87. The summed E-state index contributed by atoms with van der Waals surface area (Å²) in [5.41, 5.74) is 0.739. The summed E-state index contributed by atoms with van der Waals surface area (Å²) in [6.45, 7) is 1.79. The fourth-order valence-corrected chi connectivity index (χ4v) is 3.41. The van der Waals surface area contributed by atoms with Gasteiger partial charge in [0.2, 0.25) is 14.9 Å². The summed E-state index contributed by atoms with van der Waals surface area (Å²) < 4.78 is 30.2. The van der Waals surface area contributed by atoms with Crippen molar-refractivity contribution < 1.29 is 17.6 Å². The molecule has 0 aliphatic rings. The number of pyridine rings is 1. The molecule has 0 atom stereocenters. The summed E-state index contributed by atoms with van der Waals surface area (Å²) in [6, 6.07) is 13.4. The van der Waals surface area contributed by atoms with E-state index in [-0.39, 0.29) is 15.7 Å². The Morgan fingerprint density at radius 2 is 1.80 bits per heavy atom. The maximum Gasteiger partial charge on any atom is 0.292 e. The van der Waals surface area contributed by atoms with Gasteiger partial charge in [0.15, 0.2) is 5.76 Å². The Labute approximate surface area is 149 Å². The lowest BCUT2D eigenvalue weighted by Crippen LogP contribution is -2.12. The van der Waals surface area contributed by atoms with Crippen LogP contribution in [0.5, 0.6) is 0 Å². The van der Waals surface area contributed by atoms with E-state index in [1.807, 2.05) is 0 Å². The number of furan rings is 1. The zero-order valence-corrected chi connectivity index (χ0v) is 14.6. The summed E-state index contributed by atoms with van der Waals surface area (Å²) in [6.07, 6.45) is 0. The second-order valence-electron chi connectivity index (χ2n) is 5.19. The minimum Gasteiger partial charge on any atom is -0.439 e. The van der Waals surface area contributed by atoms with Gasteiger partial charge in [0, 0.05) is 10.7 Å². The number of amides is 1. The smallest absolute Gasteiger partial charge is 0.292 e. The fraction of sp³-hybridized carbons (Fsp3) is 0.0588. The topological polar surface area (TPSA) is 89.3 Å². The average Bonchev–Trinajstić information content (AvgIpc) is 3.06. The van der Waals surface area contributed by atoms with E-state index >= 15 is 0 Å². The van der Waals surface area contributed by atoms with Crippen LogP contribution in [-0.4, -0.2) is 19.3 Å². The highest BCUT2D eigenvalue weighted by Gasteiger charge is 2.23. The molecule has 3 aromatic rings. The number of benzene rings is 1. The van der Waals surface area contributed by atoms with E-state index < -0.39 is 15.7 Å². The van der Waals surface area contributed by atoms with Crippen molar-refractivity contribution in [1.29, 1.82) is 0 Å². The van der Waals surface area contributed by atoms with Crippen LogP contribution < -0.4 is 5.32 Å². The quantitative estimate of drug-likeness (QED) is 0.749. The summed E-state index contributed by atoms with van der Waals surface area (Å²) in [5, 5.41) is 2.65. The van der Waals surface area contributed by atoms with E-state index in [1.165, 1.54) is 36.4 Å². The minimum absolute atomic E-state index is 0.0264. The molecule has 0 unspecified atom stereocenters. The first kappa shape index (κ1) is 17.2. The molecule has 0 saturated heterocycles. The molecule has 0 radical (unpaired) electrons. The van der Waals surface area contributed by atoms with Crippen LogP contribution >= 0.6 is 11.6 Å². The Bertz CT molecular complexity index is 1030. The number of hydrogen-bond donors (Lipinski definition) is 1. The first-order valence-corrected chi connectivity index (χ1v) is 9.08. The molecular weight excluding hydrogens is 364 g/mol. The van der Waals surface area contributed by atoms with Crippen LogP contribution in [-0.2, 0) is 9.84 Å². The third-order valence-corrected chi connectivity index (χ3v) is 5.22. The second-order valence-corrected chi connectivity index (χ2v) is 7.51. The van der Waals surface area contributed by atoms with Crippen molar-refractivity contribution in [2.24, 2.45) is 0 Å². The van der Waals surface area contributed by atoms with Crippen molar-refractivity contribution in [3.63, 3.8) is 0 Å². The van der Waals surface area contributed by atoms with E-state index in [2.05, 4.69) is 10.3 Å². The van der Waals surface area contributed by atoms with Crippen molar-refractivity contribution in [1.82, 2.24) is 4.98 Å². The molecule has 2 heterocycles. The molecule has 2 aromatic heterocycles. The van der Waals surface area contributed by atoms with Crippen LogP contribution in [0.1, 0.15) is 16.2 Å². The van der Waals surface area contributed by atoms with Gasteiger partial charge in [-0.1, -0.05) is 17.7 Å². The molecule has 0 bridgehead atoms. The predicted molar refractivity (Wildman–Crippen MR) is 92.5 cm³/mol. The van der Waals surface area contributed by atoms with Crippen LogP contribution in [0.2, 0.25) is 5.02 Å². The number of nitrogens with zero attached hydrogens (tertiary/aromatic N) is 1. The molecule has 0 fully saturated rings. The summed E-state index contributed by atoms with van der Waals surface area (Å²) >= 11 is 5.76. The summed E-state index contributed by atoms with van der Waals surface area (Å²) in [7, 11) is -3.87. The molecule has 6 nitrogen and oxygen atoms in total. The van der Waals surface area contributed by atoms with Crippen molar-refractivity contribution in [3.05, 3.63) is 71.1 Å². The normalized spacial score (nSPS) is 11.3. The summed E-state index contributed by atoms with van der Waals surface area (Å²) in [5.74, 6) is -0.366. The number of sulfone groups is 1. The van der Waals surface area contributed by atoms with E-state index in [4.69, 9.17) is 16.0 Å². The number of aryl methyl sites for hydroxylation is 1. The Balaban J connectivity index is 1.84. The zero-order valence-electron chi connectivity index (χ0n) is 13.1. The van der Waals surface area contributed by atoms with Gasteiger partial charge in [-0.3, -0.25) is 4.79 Å². The van der Waals surface area contributed by atoms with Gasteiger partial charge in [-0.2, -0.15) is 0 Å². The first-order chi connectivity index (χ1) is 11.9. The molecule has 25 heavy (non-hydrogen) atoms. The number of hydrogen-bond acceptors (Lipinski definition) is 5. The largest absolute Gasteiger partial charge is 0.439 e. The SMILES string of the molecule is Cc1cccc(NC(=O)c2ccc(S(=O)(=O)c3ccc(Cl)cc3)o2)n1. The van der Waals surface area contributed by atoms with E-state index in [9.17, 15) is 13.2 Å². The van der Waals surface area contributed by atoms with Crippen LogP contribution in [0.3, 0.4) is 0 Å². The number of anilines is 1. The second kappa shape index (κ2) is 6.70. The molecule has 1 amide bonds. The van der Waals surface area contributed by atoms with Crippen molar-refractivity contribution >= 4 is 33.2 Å². The van der Waals surface area contributed by atoms with Crippen molar-refractivity contribution in [2.45, 2.75) is 16.9 Å². The fourth-order valence-electron chi connectivity index (χ4n) is 2.11. The van der Waals surface area contributed by atoms with Crippen LogP contribution in [0.4, 0.5) is 5.82 Å². The standard InChI is InChI=1S/C17H13ClN2O4S/c1-11-3-2-4-15(19-11)20-17(21)14-9-10-16(24-14)25(22,23)13-7-5-12(18)6-8-13/h2-10H,1H3,(H,19,20,21). The van der Waals surface area contributed by atoms with E-state index in [0.717, 1.165) is 5.69 Å². The third-order valence-electron chi connectivity index (χ3n) is 3.32. The first-order valence-electron chi connectivity index (χ1n) is 7.22. The molecule has 0 spiro atoms. The van der Waals surface area contributed by atoms with Gasteiger partial charge in [0.25, 0.3) is 5.91 Å². The Kier molecular flexibility index (Phi) is 4.61. The molecule has 0 aliphatic carbocycles. The molecule has 128 valence electrons. The van der Waals surface area contributed by atoms with Gasteiger partial charge < -0.3 is 9.73 Å². The molecular formula is C17H13ClN2O4S. The molecule has 1 N–H and O–H groups in total. The average molecular weight is 377 g/mol. The van der Waals surface area contributed by atoms with Gasteiger partial charge in [0.1, 0.15) is 5.82 Å². The Morgan fingerprint density at radius 3 is 2.48 bits per heavy atom. The van der Waals surface area contributed by atoms with Crippen LogP contribution in [0.15, 0.2) is 69.0 Å². The highest BCUT2D eigenvalue weighted by Crippen LogP contribution is 2.24. The molecule has 8 heteroatoms. The van der Waals surface area contributed by atoms with Crippen LogP contribution in [0, 0.1) is 6.92 Å². The Hall–Kier alpha value is -2.64. The monoisotopic (exact) mass is 376 g/mol. The lowest BCUT2D eigenvalue weighted by molar-refractivity contribution is 0.0991. The van der Waals surface area contributed by atoms with Gasteiger partial charge in [0.05, 0.1) is 4.90 Å². The van der Waals surface area contributed by atoms with Crippen molar-refractivity contribution in [2.75, 3.05) is 5.32 Å². The number of halogens is 1. The number of aromatic nitrogens is 1. The number of carbonyl (C=O) groups is 1.